The summed E-state index contributed by atoms with van der Waals surface area (Å²) >= 11 is 1.23. The van der Waals surface area contributed by atoms with E-state index in [-0.39, 0.29) is 10.1 Å². The van der Waals surface area contributed by atoms with Gasteiger partial charge in [-0.25, -0.2) is 13.4 Å². The standard InChI is InChI=1S/C18H21NO2S2/c1-2-3-4-5-6-7-8-9-12-15-23(20,21)18-19-16-13-10-11-14-17(16)22-18/h3-4,7-14H,2,5-6,15H2,1H3/b4-3+,8-7+,12-9+. The second-order valence-corrected chi connectivity index (χ2v) is 8.28. The van der Waals surface area contributed by atoms with Gasteiger partial charge in [0.2, 0.25) is 14.2 Å². The molecule has 0 atom stereocenters. The molecule has 0 spiro atoms. The highest BCUT2D eigenvalue weighted by Gasteiger charge is 2.17. The number of hydrogen-bond donors (Lipinski definition) is 0. The Morgan fingerprint density at radius 3 is 2.57 bits per heavy atom. The maximum Gasteiger partial charge on any atom is 0.210 e. The number of fused-ring (bicyclic) bond motifs is 1. The van der Waals surface area contributed by atoms with Crippen LogP contribution >= 0.6 is 11.3 Å². The van der Waals surface area contributed by atoms with Crippen molar-refractivity contribution in [2.45, 2.75) is 30.5 Å². The summed E-state index contributed by atoms with van der Waals surface area (Å²) in [5.74, 6) is -0.0209. The van der Waals surface area contributed by atoms with Crippen LogP contribution in [-0.4, -0.2) is 19.2 Å². The summed E-state index contributed by atoms with van der Waals surface area (Å²) in [7, 11) is -3.35. The monoisotopic (exact) mass is 347 g/mol. The van der Waals surface area contributed by atoms with Crippen LogP contribution in [0.25, 0.3) is 10.2 Å². The molecule has 0 amide bonds. The normalized spacial score (nSPS) is 13.1. The predicted molar refractivity (Wildman–Crippen MR) is 98.6 cm³/mol. The van der Waals surface area contributed by atoms with E-state index in [9.17, 15) is 8.42 Å². The summed E-state index contributed by atoms with van der Waals surface area (Å²) in [5, 5.41) is 0. The van der Waals surface area contributed by atoms with Crippen molar-refractivity contribution in [1.82, 2.24) is 4.98 Å². The fraction of sp³-hybridized carbons (Fsp3) is 0.278. The molecule has 0 aliphatic rings. The van der Waals surface area contributed by atoms with E-state index in [0.29, 0.717) is 0 Å². The molecule has 0 radical (unpaired) electrons. The zero-order valence-corrected chi connectivity index (χ0v) is 14.8. The molecule has 1 aromatic heterocycles. The lowest BCUT2D eigenvalue weighted by molar-refractivity contribution is 0.598. The van der Waals surface area contributed by atoms with Gasteiger partial charge in [-0.2, -0.15) is 0 Å². The number of allylic oxidation sites excluding steroid dienone is 5. The van der Waals surface area contributed by atoms with Gasteiger partial charge in [0, 0.05) is 0 Å². The molecule has 0 unspecified atom stereocenters. The molecule has 0 aliphatic heterocycles. The summed E-state index contributed by atoms with van der Waals surface area (Å²) in [6.07, 6.45) is 14.7. The molecule has 23 heavy (non-hydrogen) atoms. The lowest BCUT2D eigenvalue weighted by atomic mass is 10.2. The third kappa shape index (κ3) is 5.44. The van der Waals surface area contributed by atoms with Gasteiger partial charge in [-0.1, -0.05) is 55.5 Å². The van der Waals surface area contributed by atoms with Crippen molar-refractivity contribution in [2.75, 3.05) is 5.75 Å². The third-order valence-corrected chi connectivity index (χ3v) is 6.24. The molecular formula is C18H21NO2S2. The molecule has 1 aromatic carbocycles. The Kier molecular flexibility index (Phi) is 6.74. The largest absolute Gasteiger partial charge is 0.225 e. The predicted octanol–water partition coefficient (Wildman–Crippen LogP) is 4.93. The number of unbranched alkanes of at least 4 members (excludes halogenated alkanes) is 1. The maximum atomic E-state index is 12.3. The van der Waals surface area contributed by atoms with Crippen LogP contribution in [0.2, 0.25) is 0 Å². The molecule has 0 aliphatic carbocycles. The quantitative estimate of drug-likeness (QED) is 0.386. The first-order chi connectivity index (χ1) is 11.1. The van der Waals surface area contributed by atoms with Crippen LogP contribution < -0.4 is 0 Å². The number of sulfone groups is 1. The van der Waals surface area contributed by atoms with Crippen LogP contribution in [0.15, 0.2) is 65.1 Å². The molecule has 5 heteroatoms. The van der Waals surface area contributed by atoms with E-state index < -0.39 is 9.84 Å². The van der Waals surface area contributed by atoms with Crippen molar-refractivity contribution in [3.05, 3.63) is 60.7 Å². The minimum Gasteiger partial charge on any atom is -0.225 e. The molecule has 0 saturated heterocycles. The third-order valence-electron chi connectivity index (χ3n) is 3.14. The van der Waals surface area contributed by atoms with Gasteiger partial charge in [-0.15, -0.1) is 11.3 Å². The van der Waals surface area contributed by atoms with Gasteiger partial charge in [0.15, 0.2) is 0 Å². The van der Waals surface area contributed by atoms with Gasteiger partial charge in [-0.05, 0) is 31.4 Å². The van der Waals surface area contributed by atoms with Gasteiger partial charge >= 0.3 is 0 Å². The van der Waals surface area contributed by atoms with Gasteiger partial charge < -0.3 is 0 Å². The fourth-order valence-electron chi connectivity index (χ4n) is 1.97. The highest BCUT2D eigenvalue weighted by atomic mass is 32.2. The van der Waals surface area contributed by atoms with Crippen LogP contribution in [0.4, 0.5) is 0 Å². The van der Waals surface area contributed by atoms with Crippen molar-refractivity contribution in [3.63, 3.8) is 0 Å². The first-order valence-electron chi connectivity index (χ1n) is 7.68. The Morgan fingerprint density at radius 1 is 1.04 bits per heavy atom. The molecule has 0 fully saturated rings. The number of aromatic nitrogens is 1. The van der Waals surface area contributed by atoms with Gasteiger partial charge in [0.05, 0.1) is 16.0 Å². The Labute approximate surface area is 142 Å². The van der Waals surface area contributed by atoms with Crippen LogP contribution in [0, 0.1) is 0 Å². The van der Waals surface area contributed by atoms with E-state index >= 15 is 0 Å². The highest BCUT2D eigenvalue weighted by molar-refractivity contribution is 7.93. The molecule has 2 rings (SSSR count). The summed E-state index contributed by atoms with van der Waals surface area (Å²) < 4.78 is 25.6. The van der Waals surface area contributed by atoms with Crippen LogP contribution in [0.3, 0.4) is 0 Å². The van der Waals surface area contributed by atoms with Crippen molar-refractivity contribution in [3.8, 4) is 0 Å². The van der Waals surface area contributed by atoms with E-state index in [1.807, 2.05) is 36.4 Å². The average molecular weight is 348 g/mol. The van der Waals surface area contributed by atoms with E-state index in [4.69, 9.17) is 0 Å². The Hall–Kier alpha value is -1.72. The van der Waals surface area contributed by atoms with Gasteiger partial charge in [-0.3, -0.25) is 0 Å². The second kappa shape index (κ2) is 8.79. The van der Waals surface area contributed by atoms with Crippen molar-refractivity contribution in [1.29, 1.82) is 0 Å². The van der Waals surface area contributed by atoms with Crippen molar-refractivity contribution < 1.29 is 8.42 Å². The molecular weight excluding hydrogens is 326 g/mol. The summed E-state index contributed by atoms with van der Waals surface area (Å²) in [5.41, 5.74) is 0.736. The number of thiazole rings is 1. The first kappa shape index (κ1) is 17.6. The number of nitrogens with zero attached hydrogens (tertiary/aromatic N) is 1. The van der Waals surface area contributed by atoms with Crippen molar-refractivity contribution >= 4 is 31.4 Å². The molecule has 2 aromatic rings. The Bertz CT molecular complexity index is 781. The van der Waals surface area contributed by atoms with Crippen LogP contribution in [-0.2, 0) is 9.84 Å². The molecule has 0 bridgehead atoms. The van der Waals surface area contributed by atoms with Crippen LogP contribution in [0.1, 0.15) is 26.2 Å². The Morgan fingerprint density at radius 2 is 1.78 bits per heavy atom. The van der Waals surface area contributed by atoms with Gasteiger partial charge in [0.1, 0.15) is 0 Å². The zero-order valence-electron chi connectivity index (χ0n) is 13.2. The van der Waals surface area contributed by atoms with Gasteiger partial charge in [0.25, 0.3) is 0 Å². The van der Waals surface area contributed by atoms with E-state index in [2.05, 4.69) is 24.1 Å². The van der Waals surface area contributed by atoms with Crippen molar-refractivity contribution in [2.24, 2.45) is 0 Å². The molecule has 0 saturated carbocycles. The summed E-state index contributed by atoms with van der Waals surface area (Å²) in [6.45, 7) is 2.11. The lowest BCUT2D eigenvalue weighted by Gasteiger charge is -1.94. The topological polar surface area (TPSA) is 47.0 Å². The fourth-order valence-corrected chi connectivity index (χ4v) is 4.39. The molecule has 0 N–H and O–H groups in total. The Balaban J connectivity index is 1.90. The highest BCUT2D eigenvalue weighted by Crippen LogP contribution is 2.25. The average Bonchev–Trinajstić information content (AvgIpc) is 2.98. The van der Waals surface area contributed by atoms with E-state index in [1.165, 1.54) is 11.3 Å². The number of rotatable bonds is 8. The molecule has 1 heterocycles. The lowest BCUT2D eigenvalue weighted by Crippen LogP contribution is -2.03. The number of benzene rings is 1. The number of para-hydroxylation sites is 1. The molecule has 122 valence electrons. The summed E-state index contributed by atoms with van der Waals surface area (Å²) in [6, 6.07) is 7.46. The zero-order chi connectivity index (χ0) is 16.5. The number of hydrogen-bond acceptors (Lipinski definition) is 4. The maximum absolute atomic E-state index is 12.3. The van der Waals surface area contributed by atoms with E-state index in [0.717, 1.165) is 29.5 Å². The summed E-state index contributed by atoms with van der Waals surface area (Å²) in [4.78, 5) is 4.21. The SMILES string of the molecule is CC/C=C/CC/C=C/C=C/CS(=O)(=O)c1nc2ccccc2s1. The van der Waals surface area contributed by atoms with Crippen LogP contribution in [0.5, 0.6) is 0 Å². The molecule has 3 nitrogen and oxygen atoms in total. The minimum atomic E-state index is -3.35. The second-order valence-electron chi connectivity index (χ2n) is 5.04. The van der Waals surface area contributed by atoms with E-state index in [1.54, 1.807) is 12.2 Å². The first-order valence-corrected chi connectivity index (χ1v) is 10.2. The smallest absolute Gasteiger partial charge is 0.210 e. The minimum absolute atomic E-state index is 0.0209.